The highest BCUT2D eigenvalue weighted by Gasteiger charge is 2.19. The van der Waals surface area contributed by atoms with E-state index in [0.717, 1.165) is 13.1 Å². The highest BCUT2D eigenvalue weighted by molar-refractivity contribution is 5.96. The van der Waals surface area contributed by atoms with E-state index >= 15 is 0 Å². The molecule has 0 aliphatic rings. The molecule has 0 radical (unpaired) electrons. The molecule has 0 fully saturated rings. The number of nitrogens with zero attached hydrogens (tertiary/aromatic N) is 1. The minimum Gasteiger partial charge on any atom is -0.507 e. The maximum Gasteiger partial charge on any atom is 0.343 e. The summed E-state index contributed by atoms with van der Waals surface area (Å²) in [7, 11) is 0. The summed E-state index contributed by atoms with van der Waals surface area (Å²) in [6.45, 7) is 8.60. The normalized spacial score (nSPS) is 12.0. The van der Waals surface area contributed by atoms with Crippen LogP contribution in [0.5, 0.6) is 5.75 Å². The van der Waals surface area contributed by atoms with Gasteiger partial charge in [-0.1, -0.05) is 13.8 Å². The van der Waals surface area contributed by atoms with E-state index in [2.05, 4.69) is 5.32 Å². The molecule has 0 saturated heterocycles. The fraction of sp³-hybridized carbons (Fsp3) is 0.467. The molecule has 1 amide bonds. The van der Waals surface area contributed by atoms with Gasteiger partial charge in [-0.3, -0.25) is 9.69 Å². The third-order valence-corrected chi connectivity index (χ3v) is 3.14. The van der Waals surface area contributed by atoms with Crippen LogP contribution in [0.15, 0.2) is 18.2 Å². The molecule has 0 aliphatic carbocycles. The number of rotatable bonds is 6. The Hall–Kier alpha value is -2.08. The fourth-order valence-corrected chi connectivity index (χ4v) is 2.01. The van der Waals surface area contributed by atoms with Gasteiger partial charge in [-0.15, -0.1) is 0 Å². The molecule has 6 heteroatoms. The molecule has 1 unspecified atom stereocenters. The van der Waals surface area contributed by atoms with E-state index in [4.69, 9.17) is 4.74 Å². The molecule has 2 N–H and O–H groups in total. The fourth-order valence-electron chi connectivity index (χ4n) is 2.01. The molecular formula is C15H22N2O4. The molecular weight excluding hydrogens is 272 g/mol. The van der Waals surface area contributed by atoms with Gasteiger partial charge in [0.2, 0.25) is 5.91 Å². The molecule has 1 aromatic rings. The number of carbonyl (C=O) groups is 2. The summed E-state index contributed by atoms with van der Waals surface area (Å²) < 4.78 is 5.34. The smallest absolute Gasteiger partial charge is 0.343 e. The zero-order chi connectivity index (χ0) is 16.0. The second-order valence-electron chi connectivity index (χ2n) is 4.64. The molecule has 0 heterocycles. The molecule has 21 heavy (non-hydrogen) atoms. The number of nitrogens with one attached hydrogen (secondary N) is 1. The van der Waals surface area contributed by atoms with Crippen LogP contribution in [0.2, 0.25) is 0 Å². The van der Waals surface area contributed by atoms with Crippen LogP contribution in [0.25, 0.3) is 0 Å². The van der Waals surface area contributed by atoms with Crippen molar-refractivity contribution in [2.45, 2.75) is 33.9 Å². The van der Waals surface area contributed by atoms with E-state index in [1.165, 1.54) is 25.1 Å². The van der Waals surface area contributed by atoms with Crippen molar-refractivity contribution >= 4 is 17.6 Å². The van der Waals surface area contributed by atoms with E-state index in [-0.39, 0.29) is 17.2 Å². The second kappa shape index (κ2) is 7.64. The van der Waals surface area contributed by atoms with Crippen LogP contribution in [0, 0.1) is 0 Å². The van der Waals surface area contributed by atoms with Gasteiger partial charge >= 0.3 is 5.97 Å². The number of hydrogen-bond acceptors (Lipinski definition) is 5. The lowest BCUT2D eigenvalue weighted by Gasteiger charge is -2.26. The molecule has 1 aromatic carbocycles. The minimum atomic E-state index is -0.626. The molecule has 1 rings (SSSR count). The van der Waals surface area contributed by atoms with Crippen LogP contribution in [0.1, 0.15) is 38.1 Å². The quantitative estimate of drug-likeness (QED) is 0.478. The minimum absolute atomic E-state index is 0.0280. The lowest BCUT2D eigenvalue weighted by molar-refractivity contribution is -0.114. The van der Waals surface area contributed by atoms with Crippen molar-refractivity contribution in [3.8, 4) is 5.75 Å². The monoisotopic (exact) mass is 294 g/mol. The van der Waals surface area contributed by atoms with Crippen molar-refractivity contribution in [2.24, 2.45) is 0 Å². The third-order valence-electron chi connectivity index (χ3n) is 3.14. The maximum absolute atomic E-state index is 12.1. The van der Waals surface area contributed by atoms with Crippen molar-refractivity contribution in [2.75, 3.05) is 18.4 Å². The number of aromatic hydroxyl groups is 1. The standard InChI is InChI=1S/C15H22N2O4/c1-5-17(6-2)11(4)21-15(20)13-9-12(16-10(3)18)7-8-14(13)19/h7-9,11,19H,5-6H2,1-4H3,(H,16,18). The summed E-state index contributed by atoms with van der Waals surface area (Å²) in [4.78, 5) is 25.1. The number of amides is 1. The molecule has 116 valence electrons. The van der Waals surface area contributed by atoms with Gasteiger partial charge in [0.05, 0.1) is 0 Å². The number of ether oxygens (including phenoxy) is 1. The predicted molar refractivity (Wildman–Crippen MR) is 80.2 cm³/mol. The van der Waals surface area contributed by atoms with Crippen molar-refractivity contribution in [3.63, 3.8) is 0 Å². The topological polar surface area (TPSA) is 78.9 Å². The van der Waals surface area contributed by atoms with E-state index in [0.29, 0.717) is 5.69 Å². The Morgan fingerprint density at radius 3 is 2.48 bits per heavy atom. The summed E-state index contributed by atoms with van der Waals surface area (Å²) in [6.07, 6.45) is -0.392. The lowest BCUT2D eigenvalue weighted by atomic mass is 10.1. The van der Waals surface area contributed by atoms with Gasteiger partial charge in [0.1, 0.15) is 11.3 Å². The van der Waals surface area contributed by atoms with Gasteiger partial charge in [0.15, 0.2) is 6.23 Å². The molecule has 0 spiro atoms. The molecule has 0 bridgehead atoms. The van der Waals surface area contributed by atoms with E-state index < -0.39 is 12.2 Å². The van der Waals surface area contributed by atoms with Crippen LogP contribution < -0.4 is 5.32 Å². The van der Waals surface area contributed by atoms with Gasteiger partial charge in [0.25, 0.3) is 0 Å². The van der Waals surface area contributed by atoms with Crippen LogP contribution >= 0.6 is 0 Å². The van der Waals surface area contributed by atoms with Crippen LogP contribution in [-0.4, -0.2) is 41.2 Å². The maximum atomic E-state index is 12.1. The Morgan fingerprint density at radius 2 is 1.95 bits per heavy atom. The Balaban J connectivity index is 2.88. The lowest BCUT2D eigenvalue weighted by Crippen LogP contribution is -2.36. The van der Waals surface area contributed by atoms with E-state index in [9.17, 15) is 14.7 Å². The number of phenolic OH excluding ortho intramolecular Hbond substituents is 1. The van der Waals surface area contributed by atoms with Gasteiger partial charge in [0, 0.05) is 12.6 Å². The first-order chi connectivity index (χ1) is 9.88. The van der Waals surface area contributed by atoms with Crippen molar-refractivity contribution in [3.05, 3.63) is 23.8 Å². The Bertz CT molecular complexity index is 512. The van der Waals surface area contributed by atoms with Crippen molar-refractivity contribution in [1.82, 2.24) is 4.90 Å². The molecule has 0 aliphatic heterocycles. The van der Waals surface area contributed by atoms with E-state index in [1.54, 1.807) is 6.92 Å². The van der Waals surface area contributed by atoms with Gasteiger partial charge in [-0.2, -0.15) is 0 Å². The van der Waals surface area contributed by atoms with Gasteiger partial charge in [-0.05, 0) is 38.2 Å². The SMILES string of the molecule is CCN(CC)C(C)OC(=O)c1cc(NC(C)=O)ccc1O. The Kier molecular flexibility index (Phi) is 6.17. The summed E-state index contributed by atoms with van der Waals surface area (Å²) in [5.41, 5.74) is 0.461. The van der Waals surface area contributed by atoms with Gasteiger partial charge < -0.3 is 15.2 Å². The van der Waals surface area contributed by atoms with Crippen molar-refractivity contribution < 1.29 is 19.4 Å². The molecule has 6 nitrogen and oxygen atoms in total. The molecule has 0 aromatic heterocycles. The number of carbonyl (C=O) groups excluding carboxylic acids is 2. The Labute approximate surface area is 124 Å². The summed E-state index contributed by atoms with van der Waals surface area (Å²) >= 11 is 0. The first kappa shape index (κ1) is 17.0. The van der Waals surface area contributed by atoms with E-state index in [1.807, 2.05) is 18.7 Å². The number of benzene rings is 1. The molecule has 0 saturated carbocycles. The average molecular weight is 294 g/mol. The zero-order valence-electron chi connectivity index (χ0n) is 12.8. The van der Waals surface area contributed by atoms with Gasteiger partial charge in [-0.25, -0.2) is 4.79 Å². The average Bonchev–Trinajstić information content (AvgIpc) is 2.41. The predicted octanol–water partition coefficient (Wildman–Crippen LogP) is 2.20. The first-order valence-electron chi connectivity index (χ1n) is 6.94. The highest BCUT2D eigenvalue weighted by Crippen LogP contribution is 2.23. The number of anilines is 1. The third kappa shape index (κ3) is 4.75. The summed E-state index contributed by atoms with van der Waals surface area (Å²) in [5.74, 6) is -1.06. The summed E-state index contributed by atoms with van der Waals surface area (Å²) in [5, 5.41) is 12.3. The van der Waals surface area contributed by atoms with Crippen LogP contribution in [0.4, 0.5) is 5.69 Å². The second-order valence-corrected chi connectivity index (χ2v) is 4.64. The van der Waals surface area contributed by atoms with Crippen molar-refractivity contribution in [1.29, 1.82) is 0 Å². The van der Waals surface area contributed by atoms with Crippen LogP contribution in [0.3, 0.4) is 0 Å². The molecule has 1 atom stereocenters. The van der Waals surface area contributed by atoms with Crippen LogP contribution in [-0.2, 0) is 9.53 Å². The zero-order valence-corrected chi connectivity index (χ0v) is 12.8. The Morgan fingerprint density at radius 1 is 1.33 bits per heavy atom. The highest BCUT2D eigenvalue weighted by atomic mass is 16.6. The number of phenols is 1. The first-order valence-corrected chi connectivity index (χ1v) is 6.94. The largest absolute Gasteiger partial charge is 0.507 e. The number of hydrogen-bond donors (Lipinski definition) is 2. The number of esters is 1. The summed E-state index contributed by atoms with van der Waals surface area (Å²) in [6, 6.07) is 4.26.